The van der Waals surface area contributed by atoms with E-state index in [2.05, 4.69) is 31.6 Å². The van der Waals surface area contributed by atoms with Gasteiger partial charge in [0, 0.05) is 15.8 Å². The second-order valence-corrected chi connectivity index (χ2v) is 6.36. The number of rotatable bonds is 5. The Morgan fingerprint density at radius 1 is 1.29 bits per heavy atom. The van der Waals surface area contributed by atoms with Crippen LogP contribution in [0.15, 0.2) is 52.4 Å². The zero-order valence-electron chi connectivity index (χ0n) is 11.1. The molecule has 0 saturated heterocycles. The molecule has 3 aromatic rings. The molecule has 1 unspecified atom stereocenters. The lowest BCUT2D eigenvalue weighted by Gasteiger charge is -2.12. The van der Waals surface area contributed by atoms with Gasteiger partial charge in [0.1, 0.15) is 5.69 Å². The highest BCUT2D eigenvalue weighted by atomic mass is 79.9. The smallest absolute Gasteiger partial charge is 0.102 e. The number of hydrogen-bond donors (Lipinski definition) is 2. The number of benzene rings is 1. The van der Waals surface area contributed by atoms with E-state index in [1.54, 1.807) is 22.3 Å². The summed E-state index contributed by atoms with van der Waals surface area (Å²) in [5.74, 6) is 5.68. The molecule has 3 N–H and O–H groups in total. The van der Waals surface area contributed by atoms with Crippen molar-refractivity contribution >= 4 is 27.3 Å². The first-order valence-corrected chi connectivity index (χ1v) is 8.11. The summed E-state index contributed by atoms with van der Waals surface area (Å²) in [5.41, 5.74) is 4.57. The second-order valence-electron chi connectivity index (χ2n) is 4.51. The van der Waals surface area contributed by atoms with Crippen molar-refractivity contribution in [3.8, 4) is 5.69 Å². The first-order chi connectivity index (χ1) is 10.3. The largest absolute Gasteiger partial charge is 0.271 e. The maximum atomic E-state index is 5.68. The third-order valence-electron chi connectivity index (χ3n) is 3.14. The molecular formula is C14H14BrN5S. The van der Waals surface area contributed by atoms with E-state index in [-0.39, 0.29) is 6.04 Å². The highest BCUT2D eigenvalue weighted by Crippen LogP contribution is 2.27. The van der Waals surface area contributed by atoms with E-state index < -0.39 is 0 Å². The van der Waals surface area contributed by atoms with Gasteiger partial charge in [-0.25, -0.2) is 0 Å². The fourth-order valence-corrected chi connectivity index (χ4v) is 3.59. The van der Waals surface area contributed by atoms with Crippen molar-refractivity contribution < 1.29 is 0 Å². The van der Waals surface area contributed by atoms with Gasteiger partial charge in [-0.2, -0.15) is 15.0 Å². The van der Waals surface area contributed by atoms with Crippen LogP contribution >= 0.6 is 27.3 Å². The summed E-state index contributed by atoms with van der Waals surface area (Å²) in [5, 5.41) is 10.9. The van der Waals surface area contributed by atoms with E-state index >= 15 is 0 Å². The summed E-state index contributed by atoms with van der Waals surface area (Å²) >= 11 is 5.23. The van der Waals surface area contributed by atoms with Gasteiger partial charge in [0.15, 0.2) is 0 Å². The van der Waals surface area contributed by atoms with E-state index in [1.165, 1.54) is 4.88 Å². The van der Waals surface area contributed by atoms with Gasteiger partial charge in [-0.3, -0.25) is 11.3 Å². The predicted octanol–water partition coefficient (Wildman–Crippen LogP) is 2.84. The lowest BCUT2D eigenvalue weighted by Crippen LogP contribution is -2.29. The van der Waals surface area contributed by atoms with Crippen LogP contribution in [0.4, 0.5) is 0 Å². The molecular weight excluding hydrogens is 350 g/mol. The third-order valence-corrected chi connectivity index (χ3v) is 5.08. The number of thiophene rings is 1. The van der Waals surface area contributed by atoms with Crippen LogP contribution in [-0.2, 0) is 6.42 Å². The summed E-state index contributed by atoms with van der Waals surface area (Å²) in [6.07, 6.45) is 2.52. The lowest BCUT2D eigenvalue weighted by atomic mass is 10.1. The van der Waals surface area contributed by atoms with Crippen molar-refractivity contribution in [3.05, 3.63) is 63.0 Å². The van der Waals surface area contributed by atoms with Gasteiger partial charge in [0.25, 0.3) is 0 Å². The molecule has 0 bridgehead atoms. The van der Waals surface area contributed by atoms with Crippen molar-refractivity contribution in [2.75, 3.05) is 0 Å². The molecule has 7 heteroatoms. The minimum Gasteiger partial charge on any atom is -0.271 e. The zero-order valence-corrected chi connectivity index (χ0v) is 13.5. The number of hydrogen-bond acceptors (Lipinski definition) is 5. The molecule has 0 amide bonds. The van der Waals surface area contributed by atoms with E-state index in [0.717, 1.165) is 22.3 Å². The number of aromatic nitrogens is 3. The number of nitrogens with zero attached hydrogens (tertiary/aromatic N) is 3. The maximum absolute atomic E-state index is 5.68. The summed E-state index contributed by atoms with van der Waals surface area (Å²) in [4.78, 5) is 2.84. The molecule has 1 atom stereocenters. The van der Waals surface area contributed by atoms with Gasteiger partial charge in [0.2, 0.25) is 0 Å². The Hall–Kier alpha value is -1.54. The van der Waals surface area contributed by atoms with Crippen LogP contribution in [-0.4, -0.2) is 15.0 Å². The molecule has 0 aliphatic carbocycles. The standard InChI is InChI=1S/C14H14BrN5S/c15-11-6-7-21-14(11)8-12(18-16)13-9-17-20(19-13)10-4-2-1-3-5-10/h1-7,9,12,18H,8,16H2. The van der Waals surface area contributed by atoms with Gasteiger partial charge >= 0.3 is 0 Å². The van der Waals surface area contributed by atoms with Crippen molar-refractivity contribution in [1.82, 2.24) is 20.4 Å². The van der Waals surface area contributed by atoms with Crippen LogP contribution in [0, 0.1) is 0 Å². The highest BCUT2D eigenvalue weighted by molar-refractivity contribution is 9.10. The average Bonchev–Trinajstić information content (AvgIpc) is 3.15. The molecule has 0 fully saturated rings. The van der Waals surface area contributed by atoms with Crippen molar-refractivity contribution in [1.29, 1.82) is 0 Å². The quantitative estimate of drug-likeness (QED) is 0.540. The molecule has 21 heavy (non-hydrogen) atoms. The highest BCUT2D eigenvalue weighted by Gasteiger charge is 2.17. The third kappa shape index (κ3) is 3.21. The molecule has 0 spiro atoms. The van der Waals surface area contributed by atoms with E-state index in [0.29, 0.717) is 0 Å². The van der Waals surface area contributed by atoms with E-state index in [1.807, 2.05) is 41.8 Å². The van der Waals surface area contributed by atoms with Crippen LogP contribution < -0.4 is 11.3 Å². The molecule has 0 aliphatic rings. The Morgan fingerprint density at radius 2 is 2.10 bits per heavy atom. The van der Waals surface area contributed by atoms with Crippen molar-refractivity contribution in [3.63, 3.8) is 0 Å². The molecule has 0 radical (unpaired) electrons. The molecule has 3 rings (SSSR count). The minimum atomic E-state index is -0.0718. The summed E-state index contributed by atoms with van der Waals surface area (Å²) in [6.45, 7) is 0. The second kappa shape index (κ2) is 6.48. The van der Waals surface area contributed by atoms with Crippen LogP contribution in [0.3, 0.4) is 0 Å². The summed E-state index contributed by atoms with van der Waals surface area (Å²) in [6, 6.07) is 11.8. The number of nitrogens with one attached hydrogen (secondary N) is 1. The molecule has 2 aromatic heterocycles. The Morgan fingerprint density at radius 3 is 2.76 bits per heavy atom. The van der Waals surface area contributed by atoms with Crippen molar-refractivity contribution in [2.45, 2.75) is 12.5 Å². The SMILES string of the molecule is NNC(Cc1sccc1Br)c1cnn(-c2ccccc2)n1. The summed E-state index contributed by atoms with van der Waals surface area (Å²) < 4.78 is 1.10. The Bertz CT molecular complexity index is 709. The zero-order chi connectivity index (χ0) is 14.7. The van der Waals surface area contributed by atoms with E-state index in [9.17, 15) is 0 Å². The summed E-state index contributed by atoms with van der Waals surface area (Å²) in [7, 11) is 0. The average molecular weight is 364 g/mol. The maximum Gasteiger partial charge on any atom is 0.102 e. The van der Waals surface area contributed by atoms with E-state index in [4.69, 9.17) is 5.84 Å². The number of para-hydroxylation sites is 1. The molecule has 5 nitrogen and oxygen atoms in total. The monoisotopic (exact) mass is 363 g/mol. The van der Waals surface area contributed by atoms with Crippen LogP contribution in [0.25, 0.3) is 5.69 Å². The first kappa shape index (κ1) is 14.4. The molecule has 0 aliphatic heterocycles. The molecule has 0 saturated carbocycles. The molecule has 108 valence electrons. The van der Waals surface area contributed by atoms with Gasteiger partial charge in [-0.1, -0.05) is 18.2 Å². The number of nitrogens with two attached hydrogens (primary N) is 1. The lowest BCUT2D eigenvalue weighted by molar-refractivity contribution is 0.535. The Kier molecular flexibility index (Phi) is 4.45. The minimum absolute atomic E-state index is 0.0718. The molecule has 1 aromatic carbocycles. The van der Waals surface area contributed by atoms with Gasteiger partial charge in [-0.15, -0.1) is 11.3 Å². The van der Waals surface area contributed by atoms with Gasteiger partial charge < -0.3 is 0 Å². The predicted molar refractivity (Wildman–Crippen MR) is 87.1 cm³/mol. The fourth-order valence-electron chi connectivity index (χ4n) is 2.03. The number of hydrazine groups is 1. The fraction of sp³-hybridized carbons (Fsp3) is 0.143. The normalized spacial score (nSPS) is 12.5. The van der Waals surface area contributed by atoms with Crippen LogP contribution in [0.5, 0.6) is 0 Å². The Labute approximate surface area is 134 Å². The Balaban J connectivity index is 1.82. The number of halogens is 1. The van der Waals surface area contributed by atoms with Gasteiger partial charge in [0.05, 0.1) is 17.9 Å². The first-order valence-electron chi connectivity index (χ1n) is 6.43. The van der Waals surface area contributed by atoms with Crippen LogP contribution in [0.2, 0.25) is 0 Å². The van der Waals surface area contributed by atoms with Gasteiger partial charge in [-0.05, 0) is 39.5 Å². The van der Waals surface area contributed by atoms with Crippen molar-refractivity contribution in [2.24, 2.45) is 5.84 Å². The van der Waals surface area contributed by atoms with Crippen LogP contribution in [0.1, 0.15) is 16.6 Å². The topological polar surface area (TPSA) is 68.8 Å². The molecule has 2 heterocycles.